The summed E-state index contributed by atoms with van der Waals surface area (Å²) >= 11 is 7.51. The highest BCUT2D eigenvalue weighted by Crippen LogP contribution is 2.34. The Hall–Kier alpha value is -0.350. The summed E-state index contributed by atoms with van der Waals surface area (Å²) in [7, 11) is 0. The van der Waals surface area contributed by atoms with Crippen molar-refractivity contribution < 1.29 is 0 Å². The smallest absolute Gasteiger partial charge is 0.205 e. The summed E-state index contributed by atoms with van der Waals surface area (Å²) in [6.45, 7) is 0. The summed E-state index contributed by atoms with van der Waals surface area (Å²) in [6.07, 6.45) is 4.82. The Morgan fingerprint density at radius 3 is 2.85 bits per heavy atom. The number of anilines is 1. The zero-order valence-electron chi connectivity index (χ0n) is 7.29. The van der Waals surface area contributed by atoms with Crippen molar-refractivity contribution in [3.8, 4) is 0 Å². The molecule has 0 amide bonds. The Morgan fingerprint density at radius 1 is 1.54 bits per heavy atom. The lowest BCUT2D eigenvalue weighted by Crippen LogP contribution is -2.36. The minimum Gasteiger partial charge on any atom is -0.353 e. The van der Waals surface area contributed by atoms with E-state index >= 15 is 0 Å². The topological polar surface area (TPSA) is 37.8 Å². The first kappa shape index (κ1) is 9.21. The highest BCUT2D eigenvalue weighted by molar-refractivity contribution is 7.13. The van der Waals surface area contributed by atoms with E-state index < -0.39 is 0 Å². The van der Waals surface area contributed by atoms with E-state index in [0.717, 1.165) is 18.0 Å². The van der Waals surface area contributed by atoms with Crippen LogP contribution in [-0.2, 0) is 0 Å². The van der Waals surface area contributed by atoms with Gasteiger partial charge in [-0.05, 0) is 12.8 Å². The molecule has 0 unspecified atom stereocenters. The van der Waals surface area contributed by atoms with E-state index in [-0.39, 0.29) is 5.54 Å². The molecular weight excluding hydrogens is 206 g/mol. The molecule has 13 heavy (non-hydrogen) atoms. The number of hydrogen-bond donors (Lipinski definition) is 1. The third kappa shape index (κ3) is 1.94. The molecule has 1 aromatic rings. The first-order valence-electron chi connectivity index (χ1n) is 4.45. The van der Waals surface area contributed by atoms with Gasteiger partial charge in [0.15, 0.2) is 0 Å². The molecule has 0 bridgehead atoms. The first-order valence-corrected chi connectivity index (χ1v) is 5.86. The van der Waals surface area contributed by atoms with Gasteiger partial charge in [-0.1, -0.05) is 24.2 Å². The second-order valence-electron chi connectivity index (χ2n) is 3.49. The molecule has 3 nitrogen and oxygen atoms in total. The zero-order chi connectivity index (χ0) is 9.15. The molecule has 1 N–H and O–H groups in total. The quantitative estimate of drug-likeness (QED) is 0.791. The van der Waals surface area contributed by atoms with Crippen LogP contribution in [0.4, 0.5) is 5.13 Å². The summed E-state index contributed by atoms with van der Waals surface area (Å²) in [5.74, 6) is 0.659. The number of nitrogens with zero attached hydrogens (tertiary/aromatic N) is 2. The van der Waals surface area contributed by atoms with Crippen LogP contribution in [0.3, 0.4) is 0 Å². The maximum absolute atomic E-state index is 5.98. The van der Waals surface area contributed by atoms with Crippen LogP contribution in [0.2, 0.25) is 0 Å². The lowest BCUT2D eigenvalue weighted by Gasteiger charge is -2.26. The van der Waals surface area contributed by atoms with E-state index in [9.17, 15) is 0 Å². The molecule has 1 heterocycles. The van der Waals surface area contributed by atoms with Gasteiger partial charge in [0.1, 0.15) is 5.51 Å². The predicted molar refractivity (Wildman–Crippen MR) is 55.5 cm³/mol. The third-order valence-corrected chi connectivity index (χ3v) is 3.67. The number of hydrogen-bond acceptors (Lipinski definition) is 4. The van der Waals surface area contributed by atoms with Gasteiger partial charge in [-0.2, -0.15) is 0 Å². The highest BCUT2D eigenvalue weighted by Gasteiger charge is 2.33. The maximum Gasteiger partial charge on any atom is 0.205 e. The second-order valence-corrected chi connectivity index (χ2v) is 4.59. The van der Waals surface area contributed by atoms with Gasteiger partial charge in [-0.25, -0.2) is 0 Å². The molecule has 0 saturated heterocycles. The number of halogens is 1. The fourth-order valence-electron chi connectivity index (χ4n) is 1.80. The molecular formula is C8H12ClN3S. The van der Waals surface area contributed by atoms with E-state index in [1.165, 1.54) is 24.2 Å². The molecule has 2 rings (SSSR count). The van der Waals surface area contributed by atoms with Crippen molar-refractivity contribution in [1.29, 1.82) is 0 Å². The summed E-state index contributed by atoms with van der Waals surface area (Å²) in [5.41, 5.74) is 1.82. The number of alkyl halides is 1. The highest BCUT2D eigenvalue weighted by atomic mass is 35.5. The Balaban J connectivity index is 2.06. The summed E-state index contributed by atoms with van der Waals surface area (Å²) < 4.78 is 0. The lowest BCUT2D eigenvalue weighted by atomic mass is 10.0. The summed E-state index contributed by atoms with van der Waals surface area (Å²) in [4.78, 5) is 0. The van der Waals surface area contributed by atoms with Gasteiger partial charge in [0.25, 0.3) is 0 Å². The van der Waals surface area contributed by atoms with Gasteiger partial charge in [0.05, 0.1) is 5.54 Å². The average molecular weight is 218 g/mol. The number of nitrogens with one attached hydrogen (secondary N) is 1. The monoisotopic (exact) mass is 217 g/mol. The molecule has 1 saturated carbocycles. The Kier molecular flexibility index (Phi) is 2.69. The average Bonchev–Trinajstić information content (AvgIpc) is 2.77. The molecule has 1 aliphatic carbocycles. The molecule has 0 aromatic carbocycles. The Bertz CT molecular complexity index is 256. The van der Waals surface area contributed by atoms with Crippen molar-refractivity contribution in [3.05, 3.63) is 5.51 Å². The Labute approximate surface area is 86.5 Å². The van der Waals surface area contributed by atoms with Crippen LogP contribution < -0.4 is 5.32 Å². The van der Waals surface area contributed by atoms with Gasteiger partial charge < -0.3 is 5.32 Å². The van der Waals surface area contributed by atoms with Crippen LogP contribution in [0.5, 0.6) is 0 Å². The van der Waals surface area contributed by atoms with E-state index in [1.807, 2.05) is 0 Å². The van der Waals surface area contributed by atoms with Crippen LogP contribution in [-0.4, -0.2) is 21.6 Å². The first-order chi connectivity index (χ1) is 6.35. The second kappa shape index (κ2) is 3.80. The van der Waals surface area contributed by atoms with Crippen LogP contribution in [0, 0.1) is 0 Å². The molecule has 1 aromatic heterocycles. The van der Waals surface area contributed by atoms with E-state index in [2.05, 4.69) is 15.5 Å². The summed E-state index contributed by atoms with van der Waals surface area (Å²) in [6, 6.07) is 0. The molecule has 0 atom stereocenters. The standard InChI is InChI=1S/C8H12ClN3S/c9-5-8(3-1-2-4-8)11-7-12-10-6-13-7/h6H,1-5H2,(H,11,12). The molecule has 0 radical (unpaired) electrons. The molecule has 1 aliphatic rings. The largest absolute Gasteiger partial charge is 0.353 e. The Morgan fingerprint density at radius 2 is 2.31 bits per heavy atom. The molecule has 0 aliphatic heterocycles. The van der Waals surface area contributed by atoms with Crippen LogP contribution in [0.1, 0.15) is 25.7 Å². The third-order valence-electron chi connectivity index (χ3n) is 2.55. The van der Waals surface area contributed by atoms with Crippen LogP contribution in [0.15, 0.2) is 5.51 Å². The fraction of sp³-hybridized carbons (Fsp3) is 0.750. The van der Waals surface area contributed by atoms with Crippen molar-refractivity contribution in [2.75, 3.05) is 11.2 Å². The van der Waals surface area contributed by atoms with Crippen molar-refractivity contribution in [2.24, 2.45) is 0 Å². The van der Waals surface area contributed by atoms with Crippen molar-refractivity contribution >= 4 is 28.1 Å². The SMILES string of the molecule is ClCC1(Nc2nncs2)CCCC1. The molecule has 0 spiro atoms. The van der Waals surface area contributed by atoms with Crippen molar-refractivity contribution in [1.82, 2.24) is 10.2 Å². The fourth-order valence-corrected chi connectivity index (χ4v) is 2.70. The van der Waals surface area contributed by atoms with Crippen LogP contribution in [0.25, 0.3) is 0 Å². The number of aromatic nitrogens is 2. The molecule has 1 fully saturated rings. The van der Waals surface area contributed by atoms with Gasteiger partial charge in [-0.15, -0.1) is 21.8 Å². The lowest BCUT2D eigenvalue weighted by molar-refractivity contribution is 0.539. The number of rotatable bonds is 3. The zero-order valence-corrected chi connectivity index (χ0v) is 8.87. The van der Waals surface area contributed by atoms with Gasteiger partial charge in [0.2, 0.25) is 5.13 Å². The van der Waals surface area contributed by atoms with E-state index in [4.69, 9.17) is 11.6 Å². The molecule has 72 valence electrons. The molecule has 5 heteroatoms. The van der Waals surface area contributed by atoms with E-state index in [0.29, 0.717) is 5.88 Å². The van der Waals surface area contributed by atoms with Crippen molar-refractivity contribution in [2.45, 2.75) is 31.2 Å². The van der Waals surface area contributed by atoms with Gasteiger partial charge in [-0.3, -0.25) is 0 Å². The minimum absolute atomic E-state index is 0.0844. The van der Waals surface area contributed by atoms with E-state index in [1.54, 1.807) is 5.51 Å². The predicted octanol–water partition coefficient (Wildman–Crippen LogP) is 2.50. The van der Waals surface area contributed by atoms with Gasteiger partial charge in [0, 0.05) is 5.88 Å². The van der Waals surface area contributed by atoms with Gasteiger partial charge >= 0.3 is 0 Å². The summed E-state index contributed by atoms with van der Waals surface area (Å²) in [5, 5.41) is 12.1. The maximum atomic E-state index is 5.98. The van der Waals surface area contributed by atoms with Crippen molar-refractivity contribution in [3.63, 3.8) is 0 Å². The normalized spacial score (nSPS) is 20.4. The van der Waals surface area contributed by atoms with Crippen LogP contribution >= 0.6 is 22.9 Å². The minimum atomic E-state index is 0.0844.